The molecular weight excluding hydrogens is 422 g/mol. The second-order valence-electron chi connectivity index (χ2n) is 7.82. The molecule has 10 heteroatoms. The van der Waals surface area contributed by atoms with Gasteiger partial charge in [-0.15, -0.1) is 0 Å². The zero-order valence-corrected chi connectivity index (χ0v) is 17.8. The lowest BCUT2D eigenvalue weighted by Gasteiger charge is -2.31. The van der Waals surface area contributed by atoms with E-state index in [9.17, 15) is 18.4 Å². The van der Waals surface area contributed by atoms with E-state index < -0.39 is 12.6 Å². The number of fused-ring (bicyclic) bond motifs is 1. The van der Waals surface area contributed by atoms with Crippen molar-refractivity contribution in [3.63, 3.8) is 0 Å². The Bertz CT molecular complexity index is 1180. The third-order valence-electron chi connectivity index (χ3n) is 5.86. The van der Waals surface area contributed by atoms with E-state index in [0.717, 1.165) is 31.6 Å². The van der Waals surface area contributed by atoms with E-state index in [-0.39, 0.29) is 28.3 Å². The van der Waals surface area contributed by atoms with Gasteiger partial charge in [0.05, 0.1) is 24.7 Å². The van der Waals surface area contributed by atoms with E-state index >= 15 is 0 Å². The van der Waals surface area contributed by atoms with Crippen molar-refractivity contribution in [3.05, 3.63) is 57.8 Å². The zero-order valence-electron chi connectivity index (χ0n) is 17.8. The zero-order chi connectivity index (χ0) is 22.8. The maximum atomic E-state index is 12.9. The number of nitrogens with zero attached hydrogens (tertiary/aromatic N) is 3. The number of piperidine rings is 1. The molecule has 1 N–H and O–H groups in total. The Labute approximate surface area is 182 Å². The molecule has 170 valence electrons. The molecule has 3 aromatic rings. The van der Waals surface area contributed by atoms with Crippen LogP contribution in [0.3, 0.4) is 0 Å². The lowest BCUT2D eigenvalue weighted by atomic mass is 9.93. The molecule has 4 rings (SSSR count). The fourth-order valence-electron chi connectivity index (χ4n) is 4.17. The average molecular weight is 446 g/mol. The smallest absolute Gasteiger partial charge is 0.387 e. The maximum absolute atomic E-state index is 12.9. The second-order valence-corrected chi connectivity index (χ2v) is 7.82. The number of aryl methyl sites for hydroxylation is 1. The van der Waals surface area contributed by atoms with Crippen molar-refractivity contribution in [2.45, 2.75) is 31.9 Å². The number of benzene rings is 1. The molecule has 3 heterocycles. The number of imidazole rings is 1. The summed E-state index contributed by atoms with van der Waals surface area (Å²) < 4.78 is 37.0. The van der Waals surface area contributed by atoms with Crippen LogP contribution in [0.15, 0.2) is 35.1 Å². The van der Waals surface area contributed by atoms with Gasteiger partial charge in [0.1, 0.15) is 11.3 Å². The minimum Gasteiger partial charge on any atom is -0.465 e. The van der Waals surface area contributed by atoms with Crippen LogP contribution in [0.1, 0.15) is 40.6 Å². The number of hydrogen-bond donors (Lipinski definition) is 1. The number of methoxy groups -OCH3 is 1. The third kappa shape index (κ3) is 4.50. The largest absolute Gasteiger partial charge is 0.465 e. The molecule has 0 saturated carbocycles. The highest BCUT2D eigenvalue weighted by atomic mass is 19.3. The van der Waals surface area contributed by atoms with Crippen LogP contribution < -0.4 is 10.3 Å². The van der Waals surface area contributed by atoms with Gasteiger partial charge in [-0.2, -0.15) is 8.78 Å². The van der Waals surface area contributed by atoms with Crippen molar-refractivity contribution in [2.24, 2.45) is 7.05 Å². The summed E-state index contributed by atoms with van der Waals surface area (Å²) in [5.74, 6) is 0.156. The Kier molecular flexibility index (Phi) is 6.22. The summed E-state index contributed by atoms with van der Waals surface area (Å²) in [4.78, 5) is 33.2. The lowest BCUT2D eigenvalue weighted by Crippen LogP contribution is -2.33. The normalized spacial score (nSPS) is 15.4. The van der Waals surface area contributed by atoms with Crippen molar-refractivity contribution in [1.29, 1.82) is 0 Å². The number of aromatic nitrogens is 3. The first-order valence-electron chi connectivity index (χ1n) is 10.3. The molecule has 1 aromatic carbocycles. The van der Waals surface area contributed by atoms with Crippen molar-refractivity contribution in [3.8, 4) is 5.75 Å². The van der Waals surface area contributed by atoms with Gasteiger partial charge in [-0.3, -0.25) is 9.69 Å². The average Bonchev–Trinajstić information content (AvgIpc) is 3.09. The number of ether oxygens (including phenoxy) is 2. The SMILES string of the molecule is COC(=O)c1cc(OC(F)F)c2nc(CN3CCC(c4cccc(=O)[nH]4)CC3)n(C)c2c1. The van der Waals surface area contributed by atoms with Gasteiger partial charge in [0.25, 0.3) is 0 Å². The van der Waals surface area contributed by atoms with Gasteiger partial charge in [-0.1, -0.05) is 6.07 Å². The van der Waals surface area contributed by atoms with Gasteiger partial charge in [0.15, 0.2) is 5.75 Å². The summed E-state index contributed by atoms with van der Waals surface area (Å²) in [6.45, 7) is -0.915. The summed E-state index contributed by atoms with van der Waals surface area (Å²) in [6.07, 6.45) is 1.77. The quantitative estimate of drug-likeness (QED) is 0.586. The molecular formula is C22H24F2N4O4. The van der Waals surface area contributed by atoms with Crippen molar-refractivity contribution < 1.29 is 23.0 Å². The summed E-state index contributed by atoms with van der Waals surface area (Å²) in [7, 11) is 3.00. The lowest BCUT2D eigenvalue weighted by molar-refractivity contribution is -0.0489. The predicted octanol–water partition coefficient (Wildman–Crippen LogP) is 3.03. The number of esters is 1. The van der Waals surface area contributed by atoms with Gasteiger partial charge in [0, 0.05) is 24.7 Å². The van der Waals surface area contributed by atoms with Gasteiger partial charge >= 0.3 is 12.6 Å². The summed E-state index contributed by atoms with van der Waals surface area (Å²) in [6, 6.07) is 8.00. The number of aromatic amines is 1. The van der Waals surface area contributed by atoms with E-state index in [0.29, 0.717) is 17.9 Å². The number of carbonyl (C=O) groups is 1. The van der Waals surface area contributed by atoms with Crippen molar-refractivity contribution in [2.75, 3.05) is 20.2 Å². The molecule has 0 unspecified atom stereocenters. The number of nitrogens with one attached hydrogen (secondary N) is 1. The van der Waals surface area contributed by atoms with Gasteiger partial charge in [-0.05, 0) is 44.1 Å². The van der Waals surface area contributed by atoms with E-state index in [1.807, 2.05) is 6.07 Å². The molecule has 0 atom stereocenters. The van der Waals surface area contributed by atoms with E-state index in [4.69, 9.17) is 4.74 Å². The Morgan fingerprint density at radius 2 is 2.03 bits per heavy atom. The topological polar surface area (TPSA) is 89.5 Å². The number of carbonyl (C=O) groups excluding carboxylic acids is 1. The standard InChI is InChI=1S/C22H24F2N4O4/c1-27-16-10-14(21(30)31-2)11-17(32-22(23)24)20(16)26-18(27)12-28-8-6-13(7-9-28)15-4-3-5-19(29)25-15/h3-5,10-11,13,22H,6-9,12H2,1-2H3,(H,25,29). The third-order valence-corrected chi connectivity index (χ3v) is 5.86. The molecule has 1 aliphatic heterocycles. The Morgan fingerprint density at radius 3 is 2.69 bits per heavy atom. The molecule has 1 fully saturated rings. The molecule has 0 radical (unpaired) electrons. The van der Waals surface area contributed by atoms with Crippen molar-refractivity contribution in [1.82, 2.24) is 19.4 Å². The van der Waals surface area contributed by atoms with Crippen LogP contribution >= 0.6 is 0 Å². The van der Waals surface area contributed by atoms with E-state index in [1.54, 1.807) is 23.7 Å². The first kappa shape index (κ1) is 21.9. The number of likely N-dealkylation sites (tertiary alicyclic amines) is 1. The number of hydrogen-bond acceptors (Lipinski definition) is 6. The van der Waals surface area contributed by atoms with Crippen molar-refractivity contribution >= 4 is 17.0 Å². The minimum absolute atomic E-state index is 0.0993. The molecule has 1 aliphatic rings. The fraction of sp³-hybridized carbons (Fsp3) is 0.409. The number of alkyl halides is 2. The number of rotatable bonds is 6. The summed E-state index contributed by atoms with van der Waals surface area (Å²) >= 11 is 0. The highest BCUT2D eigenvalue weighted by molar-refractivity contribution is 5.96. The summed E-state index contributed by atoms with van der Waals surface area (Å²) in [5, 5.41) is 0. The van der Waals surface area contributed by atoms with Crippen LogP contribution in [-0.2, 0) is 18.3 Å². The molecule has 1 saturated heterocycles. The number of H-pyrrole nitrogens is 1. The van der Waals surface area contributed by atoms with Crippen LogP contribution in [0.4, 0.5) is 8.78 Å². The van der Waals surface area contributed by atoms with Crippen LogP contribution in [0.25, 0.3) is 11.0 Å². The van der Waals surface area contributed by atoms with E-state index in [1.165, 1.54) is 19.2 Å². The Morgan fingerprint density at radius 1 is 1.28 bits per heavy atom. The highest BCUT2D eigenvalue weighted by Gasteiger charge is 2.24. The predicted molar refractivity (Wildman–Crippen MR) is 113 cm³/mol. The Hall–Kier alpha value is -3.27. The van der Waals surface area contributed by atoms with Gasteiger partial charge in [-0.25, -0.2) is 9.78 Å². The van der Waals surface area contributed by atoms with Crippen LogP contribution in [0.2, 0.25) is 0 Å². The van der Waals surface area contributed by atoms with E-state index in [2.05, 4.69) is 19.6 Å². The Balaban J connectivity index is 1.55. The molecule has 0 amide bonds. The fourth-order valence-corrected chi connectivity index (χ4v) is 4.17. The molecule has 0 aliphatic carbocycles. The van der Waals surface area contributed by atoms with Gasteiger partial charge in [0.2, 0.25) is 5.56 Å². The minimum atomic E-state index is -3.04. The van der Waals surface area contributed by atoms with Crippen LogP contribution in [-0.4, -0.2) is 52.2 Å². The first-order valence-corrected chi connectivity index (χ1v) is 10.3. The number of halogens is 2. The number of pyridine rings is 1. The van der Waals surface area contributed by atoms with Crippen LogP contribution in [0.5, 0.6) is 5.75 Å². The highest BCUT2D eigenvalue weighted by Crippen LogP contribution is 2.31. The van der Waals surface area contributed by atoms with Crippen LogP contribution in [0, 0.1) is 0 Å². The summed E-state index contributed by atoms with van der Waals surface area (Å²) in [5.41, 5.74) is 1.74. The first-order chi connectivity index (χ1) is 15.4. The molecule has 0 spiro atoms. The van der Waals surface area contributed by atoms with Gasteiger partial charge < -0.3 is 19.0 Å². The second kappa shape index (κ2) is 9.07. The molecule has 32 heavy (non-hydrogen) atoms. The molecule has 0 bridgehead atoms. The maximum Gasteiger partial charge on any atom is 0.387 e. The monoisotopic (exact) mass is 446 g/mol. The molecule has 8 nitrogen and oxygen atoms in total. The molecule has 2 aromatic heterocycles.